The van der Waals surface area contributed by atoms with Crippen molar-refractivity contribution in [3.8, 4) is 11.1 Å². The minimum Gasteiger partial charge on any atom is -0.475 e. The second-order valence-electron chi connectivity index (χ2n) is 8.66. The number of hydrogen-bond donors (Lipinski definition) is 0. The van der Waals surface area contributed by atoms with Gasteiger partial charge in [0, 0.05) is 16.3 Å². The Balaban J connectivity index is 2.11. The number of ether oxygens (including phenoxy) is 1. The lowest BCUT2D eigenvalue weighted by molar-refractivity contribution is 0.279. The van der Waals surface area contributed by atoms with Gasteiger partial charge in [-0.2, -0.15) is 0 Å². The van der Waals surface area contributed by atoms with E-state index in [2.05, 4.69) is 4.99 Å². The lowest BCUT2D eigenvalue weighted by Crippen LogP contribution is -2.43. The monoisotopic (exact) mass is 391 g/mol. The van der Waals surface area contributed by atoms with Crippen molar-refractivity contribution in [1.82, 2.24) is 0 Å². The van der Waals surface area contributed by atoms with Crippen LogP contribution in [0.1, 0.15) is 25.0 Å². The van der Waals surface area contributed by atoms with Crippen LogP contribution in [-0.4, -0.2) is 26.1 Å². The number of rotatable bonds is 3. The van der Waals surface area contributed by atoms with E-state index in [9.17, 15) is 8.78 Å². The van der Waals surface area contributed by atoms with Gasteiger partial charge >= 0.3 is 0 Å². The van der Waals surface area contributed by atoms with Gasteiger partial charge in [0.15, 0.2) is 11.6 Å². The van der Waals surface area contributed by atoms with Crippen LogP contribution in [0, 0.1) is 24.4 Å². The molecule has 0 unspecified atom stereocenters. The molecule has 2 aromatic rings. The van der Waals surface area contributed by atoms with E-state index in [0.717, 1.165) is 5.56 Å². The average Bonchev–Trinajstić information content (AvgIpc) is 2.92. The predicted octanol–water partition coefficient (Wildman–Crippen LogP) is 5.18. The van der Waals surface area contributed by atoms with E-state index in [1.165, 1.54) is 6.92 Å². The topological polar surface area (TPSA) is 21.6 Å². The second kappa shape index (κ2) is 6.51. The summed E-state index contributed by atoms with van der Waals surface area (Å²) in [6.45, 7) is 11.3. The molecule has 0 N–H and O–H groups in total. The summed E-state index contributed by atoms with van der Waals surface area (Å²) < 4.78 is 49.8. The summed E-state index contributed by atoms with van der Waals surface area (Å²) in [6, 6.07) is 6.93. The van der Waals surface area contributed by atoms with Gasteiger partial charge < -0.3 is 4.74 Å². The lowest BCUT2D eigenvalue weighted by Gasteiger charge is -2.22. The number of nitrogens with zero attached hydrogens (tertiary/aromatic N) is 1. The largest absolute Gasteiger partial charge is 0.475 e. The number of hydrogen-bond acceptors (Lipinski definition) is 2. The van der Waals surface area contributed by atoms with Gasteiger partial charge in [0.2, 0.25) is 5.90 Å². The number of aliphatic imine (C=N–C) groups is 1. The van der Waals surface area contributed by atoms with Crippen molar-refractivity contribution in [2.75, 3.05) is 6.61 Å². The summed E-state index contributed by atoms with van der Waals surface area (Å²) in [6.07, 6.45) is 0. The van der Waals surface area contributed by atoms with E-state index in [-0.39, 0.29) is 21.9 Å². The van der Waals surface area contributed by atoms with E-state index >= 15 is 4.39 Å². The summed E-state index contributed by atoms with van der Waals surface area (Å²) in [7, 11) is -2.42. The van der Waals surface area contributed by atoms with Gasteiger partial charge in [-0.15, -0.1) is 0 Å². The van der Waals surface area contributed by atoms with Crippen LogP contribution in [0.25, 0.3) is 11.1 Å². The fraction of sp³-hybridized carbons (Fsp3) is 0.381. The zero-order valence-electron chi connectivity index (χ0n) is 16.5. The first-order valence-corrected chi connectivity index (χ1v) is 12.4. The summed E-state index contributed by atoms with van der Waals surface area (Å²) in [5.41, 5.74) is 1.10. The Morgan fingerprint density at radius 1 is 0.926 bits per heavy atom. The highest BCUT2D eigenvalue weighted by Gasteiger charge is 2.32. The van der Waals surface area contributed by atoms with Crippen molar-refractivity contribution in [2.45, 2.75) is 46.0 Å². The highest BCUT2D eigenvalue weighted by atomic mass is 28.3. The molecule has 0 spiro atoms. The van der Waals surface area contributed by atoms with Gasteiger partial charge in [-0.3, -0.25) is 0 Å². The van der Waals surface area contributed by atoms with E-state index < -0.39 is 25.5 Å². The van der Waals surface area contributed by atoms with Crippen LogP contribution in [0.15, 0.2) is 29.3 Å². The summed E-state index contributed by atoms with van der Waals surface area (Å²) in [5, 5.41) is -0.102. The lowest BCUT2D eigenvalue weighted by atomic mass is 9.98. The third kappa shape index (κ3) is 3.55. The van der Waals surface area contributed by atoms with E-state index in [1.54, 1.807) is 43.9 Å². The van der Waals surface area contributed by atoms with Crippen LogP contribution in [-0.2, 0) is 4.74 Å². The Kier molecular flexibility index (Phi) is 4.75. The maximum atomic E-state index is 15.2. The first-order valence-electron chi connectivity index (χ1n) is 8.93. The van der Waals surface area contributed by atoms with Gasteiger partial charge in [0.05, 0.1) is 13.6 Å². The normalized spacial score (nSPS) is 16.3. The zero-order valence-corrected chi connectivity index (χ0v) is 17.5. The van der Waals surface area contributed by atoms with Crippen LogP contribution in [0.5, 0.6) is 0 Å². The number of benzene rings is 2. The Hall–Kier alpha value is -2.08. The molecule has 0 radical (unpaired) electrons. The van der Waals surface area contributed by atoms with Crippen LogP contribution in [0.3, 0.4) is 0 Å². The van der Waals surface area contributed by atoms with E-state index in [0.29, 0.717) is 18.1 Å². The second-order valence-corrected chi connectivity index (χ2v) is 13.7. The quantitative estimate of drug-likeness (QED) is 0.522. The molecule has 1 heterocycles. The molecular formula is C21H24F3NOSi. The van der Waals surface area contributed by atoms with Crippen molar-refractivity contribution in [2.24, 2.45) is 4.99 Å². The smallest absolute Gasteiger partial charge is 0.216 e. The Labute approximate surface area is 159 Å². The molecule has 3 rings (SSSR count). The Morgan fingerprint density at radius 2 is 1.48 bits per heavy atom. The van der Waals surface area contributed by atoms with Gasteiger partial charge in [-0.1, -0.05) is 31.8 Å². The molecule has 0 aliphatic carbocycles. The van der Waals surface area contributed by atoms with Crippen LogP contribution in [0.2, 0.25) is 19.6 Å². The van der Waals surface area contributed by atoms with Crippen molar-refractivity contribution in [3.63, 3.8) is 0 Å². The minimum absolute atomic E-state index is 0.0182. The molecule has 0 fully saturated rings. The molecule has 1 aliphatic heterocycles. The average molecular weight is 392 g/mol. The first kappa shape index (κ1) is 19.7. The molecule has 0 aromatic heterocycles. The first-order chi connectivity index (χ1) is 12.4. The Morgan fingerprint density at radius 3 is 1.96 bits per heavy atom. The fourth-order valence-corrected chi connectivity index (χ4v) is 4.84. The maximum Gasteiger partial charge on any atom is 0.216 e. The maximum absolute atomic E-state index is 15.2. The molecule has 27 heavy (non-hydrogen) atoms. The van der Waals surface area contributed by atoms with Crippen molar-refractivity contribution in [1.29, 1.82) is 0 Å². The van der Waals surface area contributed by atoms with E-state index in [4.69, 9.17) is 4.74 Å². The van der Waals surface area contributed by atoms with Gasteiger partial charge in [-0.25, -0.2) is 18.2 Å². The fourth-order valence-electron chi connectivity index (χ4n) is 3.28. The molecule has 2 aromatic carbocycles. The van der Waals surface area contributed by atoms with Crippen LogP contribution in [0.4, 0.5) is 13.2 Å². The molecule has 0 atom stereocenters. The molecule has 0 saturated carbocycles. The van der Waals surface area contributed by atoms with Crippen LogP contribution >= 0.6 is 0 Å². The third-order valence-corrected chi connectivity index (χ3v) is 6.63. The van der Waals surface area contributed by atoms with Gasteiger partial charge in [0.25, 0.3) is 0 Å². The SMILES string of the molecule is Cc1c(F)c(F)c([Si](C)(C)C)c(F)c1-c1ccc(C2=NC(C)(C)CO2)cc1. The minimum atomic E-state index is -2.42. The molecule has 1 aliphatic rings. The standard InChI is InChI=1S/C21H24F3NOSi/c1-12-15(17(23)19(27(4,5)6)18(24)16(12)22)13-7-9-14(10-8-13)20-25-21(2,3)11-26-20/h7-10H,11H2,1-6H3. The van der Waals surface area contributed by atoms with Gasteiger partial charge in [0.1, 0.15) is 12.4 Å². The molecular weight excluding hydrogens is 367 g/mol. The molecule has 2 nitrogen and oxygen atoms in total. The summed E-state index contributed by atoms with van der Waals surface area (Å²) in [4.78, 5) is 4.52. The molecule has 0 saturated heterocycles. The predicted molar refractivity (Wildman–Crippen MR) is 106 cm³/mol. The van der Waals surface area contributed by atoms with Crippen molar-refractivity contribution >= 4 is 19.2 Å². The summed E-state index contributed by atoms with van der Waals surface area (Å²) >= 11 is 0. The third-order valence-electron chi connectivity index (χ3n) is 4.69. The van der Waals surface area contributed by atoms with Gasteiger partial charge in [-0.05, 0) is 44.0 Å². The molecule has 0 bridgehead atoms. The molecule has 0 amide bonds. The highest BCUT2D eigenvalue weighted by Crippen LogP contribution is 2.31. The number of halogens is 3. The van der Waals surface area contributed by atoms with Crippen molar-refractivity contribution in [3.05, 3.63) is 52.8 Å². The van der Waals surface area contributed by atoms with Crippen molar-refractivity contribution < 1.29 is 17.9 Å². The van der Waals surface area contributed by atoms with Crippen LogP contribution < -0.4 is 5.19 Å². The summed E-state index contributed by atoms with van der Waals surface area (Å²) in [5.74, 6) is -2.15. The molecule has 144 valence electrons. The highest BCUT2D eigenvalue weighted by molar-refractivity contribution is 6.88. The Bertz CT molecular complexity index is 928. The zero-order chi connectivity index (χ0) is 20.1. The molecule has 6 heteroatoms. The van der Waals surface area contributed by atoms with E-state index in [1.807, 2.05) is 13.8 Å².